The van der Waals surface area contributed by atoms with Crippen molar-refractivity contribution in [2.45, 2.75) is 20.3 Å². The van der Waals surface area contributed by atoms with Crippen LogP contribution in [0.15, 0.2) is 66.9 Å². The van der Waals surface area contributed by atoms with E-state index < -0.39 is 0 Å². The minimum atomic E-state index is -0.231. The second kappa shape index (κ2) is 9.13. The molecule has 1 amide bonds. The molecule has 0 fully saturated rings. The number of carbonyl (C=O) groups excluding carboxylic acids is 1. The van der Waals surface area contributed by atoms with Gasteiger partial charge in [-0.3, -0.25) is 4.79 Å². The van der Waals surface area contributed by atoms with E-state index in [-0.39, 0.29) is 11.7 Å². The molecule has 0 unspecified atom stereocenters. The van der Waals surface area contributed by atoms with Crippen LogP contribution in [0.25, 0.3) is 0 Å². The molecule has 0 aliphatic rings. The van der Waals surface area contributed by atoms with Gasteiger partial charge in [0.25, 0.3) is 5.91 Å². The number of carbonyl (C=O) groups is 1. The minimum absolute atomic E-state index is 0.0709. The molecule has 144 valence electrons. The summed E-state index contributed by atoms with van der Waals surface area (Å²) in [7, 11) is 0. The Morgan fingerprint density at radius 2 is 1.89 bits per heavy atom. The molecular weight excluding hydrogens is 353 g/mol. The standard InChI is InChI=1S/C23H24FN3O/c1-3-27(21-6-4-5-17(2)15-21)23(28)19-9-12-22(26-16-19)25-14-13-18-7-10-20(24)11-8-18/h4-12,15-16H,3,13-14H2,1-2H3,(H,25,26). The molecule has 0 atom stereocenters. The quantitative estimate of drug-likeness (QED) is 0.640. The highest BCUT2D eigenvalue weighted by Gasteiger charge is 2.16. The summed E-state index contributed by atoms with van der Waals surface area (Å²) in [6.07, 6.45) is 2.36. The van der Waals surface area contributed by atoms with Crippen molar-refractivity contribution in [1.29, 1.82) is 0 Å². The Labute approximate surface area is 165 Å². The van der Waals surface area contributed by atoms with Crippen LogP contribution in [-0.4, -0.2) is 24.0 Å². The van der Waals surface area contributed by atoms with Crippen molar-refractivity contribution >= 4 is 17.4 Å². The molecule has 28 heavy (non-hydrogen) atoms. The Bertz CT molecular complexity index is 923. The lowest BCUT2D eigenvalue weighted by Gasteiger charge is -2.21. The van der Waals surface area contributed by atoms with Crippen LogP contribution in [0.3, 0.4) is 0 Å². The fraction of sp³-hybridized carbons (Fsp3) is 0.217. The molecule has 4 nitrogen and oxygen atoms in total. The summed E-state index contributed by atoms with van der Waals surface area (Å²) >= 11 is 0. The van der Waals surface area contributed by atoms with Gasteiger partial charge in [0, 0.05) is 25.0 Å². The monoisotopic (exact) mass is 377 g/mol. The number of benzene rings is 2. The number of rotatable bonds is 7. The van der Waals surface area contributed by atoms with Crippen molar-refractivity contribution in [3.63, 3.8) is 0 Å². The van der Waals surface area contributed by atoms with E-state index in [2.05, 4.69) is 10.3 Å². The van der Waals surface area contributed by atoms with E-state index in [0.717, 1.165) is 23.2 Å². The van der Waals surface area contributed by atoms with Crippen molar-refractivity contribution in [2.75, 3.05) is 23.3 Å². The molecule has 3 rings (SSSR count). The second-order valence-electron chi connectivity index (χ2n) is 6.62. The number of nitrogens with zero attached hydrogens (tertiary/aromatic N) is 2. The van der Waals surface area contributed by atoms with E-state index in [1.54, 1.807) is 29.3 Å². The van der Waals surface area contributed by atoms with Gasteiger partial charge in [-0.15, -0.1) is 0 Å². The zero-order valence-electron chi connectivity index (χ0n) is 16.2. The first-order chi connectivity index (χ1) is 13.6. The molecule has 2 aromatic carbocycles. The summed E-state index contributed by atoms with van der Waals surface area (Å²) in [5.41, 5.74) is 3.60. The molecule has 5 heteroatoms. The predicted molar refractivity (Wildman–Crippen MR) is 111 cm³/mol. The maximum absolute atomic E-state index is 12.9. The highest BCUT2D eigenvalue weighted by molar-refractivity contribution is 6.06. The zero-order valence-corrected chi connectivity index (χ0v) is 16.2. The van der Waals surface area contributed by atoms with Gasteiger partial charge in [-0.1, -0.05) is 24.3 Å². The van der Waals surface area contributed by atoms with E-state index in [9.17, 15) is 9.18 Å². The lowest BCUT2D eigenvalue weighted by molar-refractivity contribution is 0.0988. The van der Waals surface area contributed by atoms with Crippen LogP contribution in [0.2, 0.25) is 0 Å². The molecule has 0 bridgehead atoms. The molecule has 0 saturated heterocycles. The average molecular weight is 377 g/mol. The van der Waals surface area contributed by atoms with E-state index in [0.29, 0.717) is 24.5 Å². The molecular formula is C23H24FN3O. The highest BCUT2D eigenvalue weighted by atomic mass is 19.1. The average Bonchev–Trinajstić information content (AvgIpc) is 2.70. The van der Waals surface area contributed by atoms with Gasteiger partial charge in [-0.2, -0.15) is 0 Å². The van der Waals surface area contributed by atoms with Crippen molar-refractivity contribution in [3.05, 3.63) is 89.4 Å². The zero-order chi connectivity index (χ0) is 19.9. The molecule has 1 aromatic heterocycles. The van der Waals surface area contributed by atoms with Gasteiger partial charge in [-0.25, -0.2) is 9.37 Å². The molecule has 1 heterocycles. The Morgan fingerprint density at radius 1 is 1.11 bits per heavy atom. The summed E-state index contributed by atoms with van der Waals surface area (Å²) in [4.78, 5) is 19.0. The molecule has 0 spiro atoms. The number of amides is 1. The van der Waals surface area contributed by atoms with E-state index in [1.165, 1.54) is 12.1 Å². The SMILES string of the molecule is CCN(C(=O)c1ccc(NCCc2ccc(F)cc2)nc1)c1cccc(C)c1. The molecule has 3 aromatic rings. The number of anilines is 2. The maximum Gasteiger partial charge on any atom is 0.259 e. The molecule has 0 radical (unpaired) electrons. The van der Waals surface area contributed by atoms with Gasteiger partial charge in [0.05, 0.1) is 5.56 Å². The predicted octanol–water partition coefficient (Wildman–Crippen LogP) is 4.85. The van der Waals surface area contributed by atoms with Crippen molar-refractivity contribution in [3.8, 4) is 0 Å². The Kier molecular flexibility index (Phi) is 6.37. The molecule has 0 saturated carbocycles. The van der Waals surface area contributed by atoms with Gasteiger partial charge < -0.3 is 10.2 Å². The Balaban J connectivity index is 1.61. The summed E-state index contributed by atoms with van der Waals surface area (Å²) in [5.74, 6) is 0.404. The number of aryl methyl sites for hydroxylation is 1. The largest absolute Gasteiger partial charge is 0.370 e. The topological polar surface area (TPSA) is 45.2 Å². The summed E-state index contributed by atoms with van der Waals surface area (Å²) in [6, 6.07) is 18.0. The first-order valence-corrected chi connectivity index (χ1v) is 9.39. The van der Waals surface area contributed by atoms with Gasteiger partial charge in [0.2, 0.25) is 0 Å². The number of hydrogen-bond acceptors (Lipinski definition) is 3. The van der Waals surface area contributed by atoms with Crippen LogP contribution in [0.5, 0.6) is 0 Å². The van der Waals surface area contributed by atoms with Gasteiger partial charge in [0.15, 0.2) is 0 Å². The molecule has 0 aliphatic carbocycles. The van der Waals surface area contributed by atoms with Crippen LogP contribution in [0.1, 0.15) is 28.4 Å². The van der Waals surface area contributed by atoms with E-state index >= 15 is 0 Å². The fourth-order valence-corrected chi connectivity index (χ4v) is 3.01. The Morgan fingerprint density at radius 3 is 2.54 bits per heavy atom. The fourth-order valence-electron chi connectivity index (χ4n) is 3.01. The van der Waals surface area contributed by atoms with Crippen LogP contribution < -0.4 is 10.2 Å². The third-order valence-electron chi connectivity index (χ3n) is 4.52. The Hall–Kier alpha value is -3.21. The van der Waals surface area contributed by atoms with Crippen LogP contribution in [-0.2, 0) is 6.42 Å². The van der Waals surface area contributed by atoms with Crippen molar-refractivity contribution in [2.24, 2.45) is 0 Å². The summed E-state index contributed by atoms with van der Waals surface area (Å²) in [6.45, 7) is 5.23. The van der Waals surface area contributed by atoms with Gasteiger partial charge in [0.1, 0.15) is 11.6 Å². The van der Waals surface area contributed by atoms with Crippen LogP contribution >= 0.6 is 0 Å². The first-order valence-electron chi connectivity index (χ1n) is 9.39. The number of aromatic nitrogens is 1. The van der Waals surface area contributed by atoms with Crippen LogP contribution in [0.4, 0.5) is 15.9 Å². The number of pyridine rings is 1. The minimum Gasteiger partial charge on any atom is -0.370 e. The number of nitrogens with one attached hydrogen (secondary N) is 1. The number of hydrogen-bond donors (Lipinski definition) is 1. The van der Waals surface area contributed by atoms with Crippen molar-refractivity contribution in [1.82, 2.24) is 4.98 Å². The van der Waals surface area contributed by atoms with Gasteiger partial charge >= 0.3 is 0 Å². The normalized spacial score (nSPS) is 10.5. The van der Waals surface area contributed by atoms with E-state index in [1.807, 2.05) is 44.2 Å². The lowest BCUT2D eigenvalue weighted by atomic mass is 10.1. The van der Waals surface area contributed by atoms with Crippen molar-refractivity contribution < 1.29 is 9.18 Å². The first kappa shape index (κ1) is 19.5. The summed E-state index contributed by atoms with van der Waals surface area (Å²) in [5, 5.41) is 3.23. The van der Waals surface area contributed by atoms with Crippen LogP contribution in [0, 0.1) is 12.7 Å². The number of halogens is 1. The molecule has 0 aliphatic heterocycles. The highest BCUT2D eigenvalue weighted by Crippen LogP contribution is 2.19. The third kappa shape index (κ3) is 4.94. The van der Waals surface area contributed by atoms with E-state index in [4.69, 9.17) is 0 Å². The second-order valence-corrected chi connectivity index (χ2v) is 6.62. The lowest BCUT2D eigenvalue weighted by Crippen LogP contribution is -2.30. The molecule has 1 N–H and O–H groups in total. The summed E-state index contributed by atoms with van der Waals surface area (Å²) < 4.78 is 12.9. The maximum atomic E-state index is 12.9. The van der Waals surface area contributed by atoms with Gasteiger partial charge in [-0.05, 0) is 67.8 Å². The third-order valence-corrected chi connectivity index (χ3v) is 4.52. The smallest absolute Gasteiger partial charge is 0.259 e.